The molecular weight excluding hydrogens is 628 g/mol. The van der Waals surface area contributed by atoms with Crippen molar-refractivity contribution in [3.05, 3.63) is 95.7 Å². The number of anilines is 1. The van der Waals surface area contributed by atoms with Crippen LogP contribution < -0.4 is 10.4 Å². The van der Waals surface area contributed by atoms with Crippen molar-refractivity contribution in [2.24, 2.45) is 0 Å². The van der Waals surface area contributed by atoms with E-state index in [1.807, 2.05) is 0 Å². The molecule has 2 heterocycles. The summed E-state index contributed by atoms with van der Waals surface area (Å²) in [4.78, 5) is 3.71. The number of nitrogens with zero attached hydrogens (tertiary/aromatic N) is 4. The van der Waals surface area contributed by atoms with E-state index in [1.165, 1.54) is 35.8 Å². The maximum Gasteiger partial charge on any atom is 0.446 e. The van der Waals surface area contributed by atoms with E-state index in [9.17, 15) is 34.8 Å². The topological polar surface area (TPSA) is 70.5 Å². The Labute approximate surface area is 254 Å². The number of alkyl halides is 6. The molecule has 3 aromatic rings. The SMILES string of the molecule is Cc1nc(C(F)(F)F)cn1-c1ccc(C2=CC=CC(C)(S(C)(=O)=O)C2)cc1N1C(c2ccc(SC(F)(F)F)cc2)=CNN1C. The molecule has 1 N–H and O–H groups in total. The summed E-state index contributed by atoms with van der Waals surface area (Å²) in [5.41, 5.74) is 0.598. The average molecular weight is 656 g/mol. The Hall–Kier alpha value is -3.69. The third-order valence-corrected chi connectivity index (χ3v) is 10.2. The van der Waals surface area contributed by atoms with Crippen LogP contribution in [0.15, 0.2) is 78.0 Å². The summed E-state index contributed by atoms with van der Waals surface area (Å²) >= 11 is -0.241. The monoisotopic (exact) mass is 655 g/mol. The number of benzene rings is 2. The van der Waals surface area contributed by atoms with Crippen molar-refractivity contribution in [3.63, 3.8) is 0 Å². The predicted octanol–water partition coefficient (Wildman–Crippen LogP) is 7.13. The number of rotatable bonds is 6. The van der Waals surface area contributed by atoms with Crippen LogP contribution in [-0.2, 0) is 16.0 Å². The minimum absolute atomic E-state index is 0.00432. The Balaban J connectivity index is 1.64. The third-order valence-electron chi connectivity index (χ3n) is 7.44. The lowest BCUT2D eigenvalue weighted by Gasteiger charge is -2.32. The fraction of sp³-hybridized carbons (Fsp3) is 0.276. The quantitative estimate of drug-likeness (QED) is 0.224. The molecule has 234 valence electrons. The molecule has 0 bridgehead atoms. The summed E-state index contributed by atoms with van der Waals surface area (Å²) in [6, 6.07) is 10.8. The summed E-state index contributed by atoms with van der Waals surface area (Å²) in [7, 11) is -1.82. The van der Waals surface area contributed by atoms with Gasteiger partial charge in [-0.25, -0.2) is 13.4 Å². The van der Waals surface area contributed by atoms with E-state index in [0.717, 1.165) is 12.5 Å². The first-order chi connectivity index (χ1) is 20.4. The zero-order valence-electron chi connectivity index (χ0n) is 23.8. The van der Waals surface area contributed by atoms with Gasteiger partial charge in [-0.15, -0.1) is 5.12 Å². The lowest BCUT2D eigenvalue weighted by molar-refractivity contribution is -0.141. The fourth-order valence-corrected chi connectivity index (χ4v) is 6.31. The summed E-state index contributed by atoms with van der Waals surface area (Å²) < 4.78 is 105. The van der Waals surface area contributed by atoms with Crippen molar-refractivity contribution in [3.8, 4) is 5.69 Å². The van der Waals surface area contributed by atoms with Gasteiger partial charge in [0.25, 0.3) is 0 Å². The number of hydrogen-bond donors (Lipinski definition) is 1. The van der Waals surface area contributed by atoms with Crippen molar-refractivity contribution < 1.29 is 34.8 Å². The van der Waals surface area contributed by atoms with Crippen LogP contribution in [0.3, 0.4) is 0 Å². The first-order valence-corrected chi connectivity index (χ1v) is 15.8. The summed E-state index contributed by atoms with van der Waals surface area (Å²) in [5, 5.41) is 3.25. The van der Waals surface area contributed by atoms with Crippen LogP contribution in [0.5, 0.6) is 0 Å². The standard InChI is InChI=1S/C29H27F6N5O2S2/c1-18-37-26(28(30,31)32)17-39(18)23-12-9-20(21-6-5-13-27(2,15-21)44(4,41)42)14-24(23)40-25(16-36-38(40)3)19-7-10-22(11-8-19)43-29(33,34)35/h5-14,16-17,36H,15H2,1-4H3. The zero-order chi connectivity index (χ0) is 32.2. The largest absolute Gasteiger partial charge is 0.446 e. The van der Waals surface area contributed by atoms with E-state index in [2.05, 4.69) is 10.4 Å². The van der Waals surface area contributed by atoms with Crippen molar-refractivity contribution in [2.75, 3.05) is 18.3 Å². The first-order valence-electron chi connectivity index (χ1n) is 13.1. The van der Waals surface area contributed by atoms with Gasteiger partial charge in [0.05, 0.1) is 21.8 Å². The number of allylic oxidation sites excluding steroid dienone is 3. The number of hydrogen-bond acceptors (Lipinski definition) is 7. The molecular formula is C29H27F6N5O2S2. The van der Waals surface area contributed by atoms with Crippen molar-refractivity contribution in [2.45, 2.75) is 41.6 Å². The Morgan fingerprint density at radius 2 is 1.66 bits per heavy atom. The van der Waals surface area contributed by atoms with E-state index in [1.54, 1.807) is 66.7 Å². The van der Waals surface area contributed by atoms with Crippen LogP contribution in [0.2, 0.25) is 0 Å². The molecule has 0 amide bonds. The minimum Gasteiger partial charge on any atom is -0.306 e. The lowest BCUT2D eigenvalue weighted by atomic mass is 9.90. The molecule has 2 aliphatic rings. The first kappa shape index (κ1) is 31.7. The van der Waals surface area contributed by atoms with Gasteiger partial charge in [0.2, 0.25) is 0 Å². The van der Waals surface area contributed by atoms with Gasteiger partial charge in [-0.2, -0.15) is 26.3 Å². The van der Waals surface area contributed by atoms with Crippen LogP contribution in [0.4, 0.5) is 32.0 Å². The highest BCUT2D eigenvalue weighted by Gasteiger charge is 2.37. The molecule has 2 aromatic carbocycles. The number of thioether (sulfide) groups is 1. The average Bonchev–Trinajstić information content (AvgIpc) is 3.50. The van der Waals surface area contributed by atoms with Crippen LogP contribution >= 0.6 is 11.8 Å². The van der Waals surface area contributed by atoms with Crippen molar-refractivity contribution >= 4 is 38.6 Å². The number of hydrazine groups is 2. The second-order valence-electron chi connectivity index (χ2n) is 10.6. The minimum atomic E-state index is -4.68. The van der Waals surface area contributed by atoms with Gasteiger partial charge in [0.1, 0.15) is 5.82 Å². The Bertz CT molecular complexity index is 1790. The molecule has 0 saturated carbocycles. The highest BCUT2D eigenvalue weighted by molar-refractivity contribution is 8.00. The number of halogens is 6. The van der Waals surface area contributed by atoms with E-state index in [-0.39, 0.29) is 28.9 Å². The van der Waals surface area contributed by atoms with Gasteiger partial charge in [-0.3, -0.25) is 5.01 Å². The molecule has 0 fully saturated rings. The molecule has 5 rings (SSSR count). The molecule has 0 radical (unpaired) electrons. The summed E-state index contributed by atoms with van der Waals surface area (Å²) in [6.07, 6.45) is 4.23. The van der Waals surface area contributed by atoms with Gasteiger partial charge in [0.15, 0.2) is 15.5 Å². The summed E-state index contributed by atoms with van der Waals surface area (Å²) in [6.45, 7) is 3.06. The molecule has 0 spiro atoms. The Kier molecular flexibility index (Phi) is 7.96. The van der Waals surface area contributed by atoms with Gasteiger partial charge in [-0.05, 0) is 67.4 Å². The van der Waals surface area contributed by atoms with Crippen LogP contribution in [0.1, 0.15) is 36.0 Å². The number of imidazole rings is 1. The number of nitrogens with one attached hydrogen (secondary N) is 1. The van der Waals surface area contributed by atoms with E-state index in [4.69, 9.17) is 0 Å². The van der Waals surface area contributed by atoms with Gasteiger partial charge < -0.3 is 9.99 Å². The van der Waals surface area contributed by atoms with E-state index < -0.39 is 32.0 Å². The molecule has 1 aromatic heterocycles. The zero-order valence-corrected chi connectivity index (χ0v) is 25.5. The second kappa shape index (κ2) is 11.0. The molecule has 15 heteroatoms. The molecule has 1 unspecified atom stereocenters. The number of aryl methyl sites for hydroxylation is 1. The third kappa shape index (κ3) is 6.26. The maximum absolute atomic E-state index is 13.6. The van der Waals surface area contributed by atoms with Crippen LogP contribution in [0.25, 0.3) is 17.0 Å². The smallest absolute Gasteiger partial charge is 0.306 e. The predicted molar refractivity (Wildman–Crippen MR) is 158 cm³/mol. The van der Waals surface area contributed by atoms with Crippen molar-refractivity contribution in [1.29, 1.82) is 0 Å². The van der Waals surface area contributed by atoms with Gasteiger partial charge in [-0.1, -0.05) is 36.4 Å². The highest BCUT2D eigenvalue weighted by Crippen LogP contribution is 2.42. The Morgan fingerprint density at radius 1 is 1.00 bits per heavy atom. The number of sulfone groups is 1. The van der Waals surface area contributed by atoms with Gasteiger partial charge >= 0.3 is 11.7 Å². The summed E-state index contributed by atoms with van der Waals surface area (Å²) in [5.74, 6) is 0.0738. The van der Waals surface area contributed by atoms with E-state index in [0.29, 0.717) is 33.8 Å². The normalized spacial score (nSPS) is 19.6. The molecule has 1 aliphatic carbocycles. The molecule has 1 atom stereocenters. The van der Waals surface area contributed by atoms with Crippen LogP contribution in [-0.4, -0.2) is 46.6 Å². The molecule has 7 nitrogen and oxygen atoms in total. The molecule has 0 saturated heterocycles. The lowest BCUT2D eigenvalue weighted by Crippen LogP contribution is -2.40. The molecule has 44 heavy (non-hydrogen) atoms. The number of aromatic nitrogens is 2. The maximum atomic E-state index is 13.6. The van der Waals surface area contributed by atoms with Crippen LogP contribution in [0, 0.1) is 6.92 Å². The second-order valence-corrected chi connectivity index (χ2v) is 14.2. The van der Waals surface area contributed by atoms with Gasteiger partial charge in [0, 0.05) is 36.2 Å². The highest BCUT2D eigenvalue weighted by atomic mass is 32.2. The molecule has 1 aliphatic heterocycles. The Morgan fingerprint density at radius 3 is 2.25 bits per heavy atom. The van der Waals surface area contributed by atoms with E-state index >= 15 is 0 Å². The fourth-order valence-electron chi connectivity index (χ4n) is 5.03. The van der Waals surface area contributed by atoms with Crippen molar-refractivity contribution in [1.82, 2.24) is 20.1 Å².